The van der Waals surface area contributed by atoms with E-state index in [1.807, 2.05) is 24.3 Å². The smallest absolute Gasteiger partial charge is 0.317 e. The number of carbonyl (C=O) groups is 3. The van der Waals surface area contributed by atoms with Gasteiger partial charge in [0.15, 0.2) is 5.78 Å². The quantitative estimate of drug-likeness (QED) is 0.171. The van der Waals surface area contributed by atoms with Crippen molar-refractivity contribution < 1.29 is 19.1 Å². The number of halogens is 3. The Morgan fingerprint density at radius 2 is 1.35 bits per heavy atom. The van der Waals surface area contributed by atoms with E-state index in [2.05, 4.69) is 0 Å². The zero-order chi connectivity index (χ0) is 26.5. The van der Waals surface area contributed by atoms with E-state index >= 15 is 0 Å². The van der Waals surface area contributed by atoms with E-state index in [9.17, 15) is 14.4 Å². The van der Waals surface area contributed by atoms with Crippen molar-refractivity contribution >= 4 is 58.4 Å². The number of carbonyl (C=O) groups excluding carboxylic acids is 3. The van der Waals surface area contributed by atoms with Crippen LogP contribution in [-0.4, -0.2) is 24.1 Å². The van der Waals surface area contributed by atoms with Crippen LogP contribution in [0, 0.1) is 11.8 Å². The van der Waals surface area contributed by atoms with Gasteiger partial charge in [0.2, 0.25) is 0 Å². The van der Waals surface area contributed by atoms with Crippen LogP contribution in [0.25, 0.3) is 6.08 Å². The molecule has 7 heteroatoms. The summed E-state index contributed by atoms with van der Waals surface area (Å²) in [6, 6.07) is 21.2. The van der Waals surface area contributed by atoms with Crippen molar-refractivity contribution in [2.75, 3.05) is 6.61 Å². The van der Waals surface area contributed by atoms with Gasteiger partial charge in [-0.15, -0.1) is 0 Å². The summed E-state index contributed by atoms with van der Waals surface area (Å²) in [5, 5.41) is 1.66. The van der Waals surface area contributed by atoms with Gasteiger partial charge >= 0.3 is 5.97 Å². The molecule has 1 saturated carbocycles. The minimum absolute atomic E-state index is 0.0282. The first-order chi connectivity index (χ1) is 17.8. The lowest BCUT2D eigenvalue weighted by Gasteiger charge is -2.40. The van der Waals surface area contributed by atoms with Crippen molar-refractivity contribution in [1.29, 1.82) is 0 Å². The van der Waals surface area contributed by atoms with Crippen LogP contribution in [-0.2, 0) is 19.1 Å². The Bertz CT molecular complexity index is 1300. The van der Waals surface area contributed by atoms with E-state index in [4.69, 9.17) is 39.5 Å². The molecular formula is C30H25Cl3O4. The van der Waals surface area contributed by atoms with Crippen LogP contribution in [0.4, 0.5) is 0 Å². The molecule has 0 spiro atoms. The Hall–Kier alpha value is -2.92. The van der Waals surface area contributed by atoms with E-state index in [-0.39, 0.29) is 24.6 Å². The molecule has 0 bridgehead atoms. The lowest BCUT2D eigenvalue weighted by Crippen LogP contribution is -2.45. The Kier molecular flexibility index (Phi) is 8.86. The first-order valence-electron chi connectivity index (χ1n) is 12.0. The average Bonchev–Trinajstić information content (AvgIpc) is 2.88. The number of Topliss-reactive ketones (excluding diaryl/α,β-unsaturated/α-hetero) is 1. The maximum absolute atomic E-state index is 13.9. The second-order valence-electron chi connectivity index (χ2n) is 8.95. The van der Waals surface area contributed by atoms with Crippen LogP contribution >= 0.6 is 34.8 Å². The van der Waals surface area contributed by atoms with Gasteiger partial charge in [-0.3, -0.25) is 14.4 Å². The molecule has 0 N–H and O–H groups in total. The van der Waals surface area contributed by atoms with Gasteiger partial charge in [-0.05, 0) is 66.1 Å². The number of ether oxygens (including phenoxy) is 1. The highest BCUT2D eigenvalue weighted by Gasteiger charge is 2.51. The number of hydrogen-bond donors (Lipinski definition) is 0. The van der Waals surface area contributed by atoms with Crippen molar-refractivity contribution in [3.8, 4) is 0 Å². The minimum atomic E-state index is -1.11. The number of benzene rings is 3. The minimum Gasteiger partial charge on any atom is -0.465 e. The zero-order valence-corrected chi connectivity index (χ0v) is 22.3. The van der Waals surface area contributed by atoms with E-state index in [1.54, 1.807) is 61.5 Å². The second-order valence-corrected chi connectivity index (χ2v) is 10.3. The molecule has 4 rings (SSSR count). The predicted octanol–water partition coefficient (Wildman–Crippen LogP) is 7.57. The third-order valence-electron chi connectivity index (χ3n) is 6.68. The summed E-state index contributed by atoms with van der Waals surface area (Å²) < 4.78 is 5.31. The largest absolute Gasteiger partial charge is 0.465 e. The molecule has 1 fully saturated rings. The molecule has 3 aromatic carbocycles. The first kappa shape index (κ1) is 27.1. The molecule has 4 nitrogen and oxygen atoms in total. The van der Waals surface area contributed by atoms with Crippen LogP contribution in [0.2, 0.25) is 15.1 Å². The fourth-order valence-electron chi connectivity index (χ4n) is 5.00. The fraction of sp³-hybridized carbons (Fsp3) is 0.233. The Balaban J connectivity index is 1.84. The molecule has 0 unspecified atom stereocenters. The summed E-state index contributed by atoms with van der Waals surface area (Å²) in [4.78, 5) is 40.5. The first-order valence-corrected chi connectivity index (χ1v) is 13.1. The van der Waals surface area contributed by atoms with Gasteiger partial charge in [0.1, 0.15) is 11.7 Å². The third kappa shape index (κ3) is 6.32. The summed E-state index contributed by atoms with van der Waals surface area (Å²) in [5.74, 6) is -4.10. The summed E-state index contributed by atoms with van der Waals surface area (Å²) >= 11 is 18.2. The molecule has 4 atom stereocenters. The summed E-state index contributed by atoms with van der Waals surface area (Å²) in [6.45, 7) is 1.82. The van der Waals surface area contributed by atoms with Crippen LogP contribution in [0.15, 0.2) is 78.9 Å². The van der Waals surface area contributed by atoms with Gasteiger partial charge in [0.05, 0.1) is 6.61 Å². The van der Waals surface area contributed by atoms with E-state index in [1.165, 1.54) is 6.08 Å². The molecule has 0 saturated heterocycles. The molecular weight excluding hydrogens is 531 g/mol. The monoisotopic (exact) mass is 554 g/mol. The molecule has 0 aliphatic heterocycles. The van der Waals surface area contributed by atoms with Crippen molar-refractivity contribution in [2.45, 2.75) is 25.2 Å². The Labute approximate surface area is 231 Å². The number of hydrogen-bond acceptors (Lipinski definition) is 4. The molecule has 1 aliphatic rings. The molecule has 190 valence electrons. The fourth-order valence-corrected chi connectivity index (χ4v) is 5.38. The van der Waals surface area contributed by atoms with Crippen molar-refractivity contribution in [2.24, 2.45) is 11.8 Å². The number of esters is 1. The number of ketones is 2. The molecule has 0 aromatic heterocycles. The SMILES string of the molecule is CCOC(=O)[C@@H]1C(=O)C[C@@H](c2ccc(Cl)cc2)[C@@H](C(=O)/C=C/c2ccc(Cl)cc2)[C@H]1c1ccc(Cl)cc1. The molecule has 1 aliphatic carbocycles. The van der Waals surface area contributed by atoms with Crippen molar-refractivity contribution in [3.63, 3.8) is 0 Å². The highest BCUT2D eigenvalue weighted by atomic mass is 35.5. The predicted molar refractivity (Wildman–Crippen MR) is 147 cm³/mol. The second kappa shape index (κ2) is 12.1. The molecule has 0 radical (unpaired) electrons. The van der Waals surface area contributed by atoms with Crippen LogP contribution in [0.1, 0.15) is 41.9 Å². The van der Waals surface area contributed by atoms with Crippen LogP contribution in [0.5, 0.6) is 0 Å². The Morgan fingerprint density at radius 1 is 0.838 bits per heavy atom. The van der Waals surface area contributed by atoms with E-state index in [0.717, 1.165) is 11.1 Å². The average molecular weight is 556 g/mol. The standard InChI is InChI=1S/C30H25Cl3O4/c1-2-37-30(36)29-26(35)17-24(19-6-12-22(32)13-7-19)28(27(29)20-8-14-23(33)15-9-20)25(34)16-5-18-3-10-21(31)11-4-18/h3-16,24,27-29H,2,17H2,1H3/b16-5+/t24-,27+,28-,29+/m0/s1. The van der Waals surface area contributed by atoms with Crippen molar-refractivity contribution in [1.82, 2.24) is 0 Å². The Morgan fingerprint density at radius 3 is 1.89 bits per heavy atom. The normalized spacial score (nSPS) is 21.7. The van der Waals surface area contributed by atoms with E-state index < -0.39 is 29.6 Å². The van der Waals surface area contributed by atoms with Crippen LogP contribution < -0.4 is 0 Å². The third-order valence-corrected chi connectivity index (χ3v) is 7.44. The van der Waals surface area contributed by atoms with Gasteiger partial charge < -0.3 is 4.74 Å². The number of rotatable bonds is 7. The molecule has 0 heterocycles. The maximum atomic E-state index is 13.9. The van der Waals surface area contributed by atoms with Gasteiger partial charge in [0.25, 0.3) is 0 Å². The molecule has 3 aromatic rings. The van der Waals surface area contributed by atoms with E-state index in [0.29, 0.717) is 20.6 Å². The maximum Gasteiger partial charge on any atom is 0.317 e. The highest BCUT2D eigenvalue weighted by Crippen LogP contribution is 2.49. The molecule has 37 heavy (non-hydrogen) atoms. The van der Waals surface area contributed by atoms with Gasteiger partial charge in [-0.25, -0.2) is 0 Å². The van der Waals surface area contributed by atoms with Gasteiger partial charge in [-0.2, -0.15) is 0 Å². The number of allylic oxidation sites excluding steroid dienone is 1. The topological polar surface area (TPSA) is 60.4 Å². The summed E-state index contributed by atoms with van der Waals surface area (Å²) in [6.07, 6.45) is 3.25. The zero-order valence-electron chi connectivity index (χ0n) is 20.1. The lowest BCUT2D eigenvalue weighted by atomic mass is 9.60. The van der Waals surface area contributed by atoms with Gasteiger partial charge in [-0.1, -0.05) is 77.3 Å². The van der Waals surface area contributed by atoms with Crippen LogP contribution in [0.3, 0.4) is 0 Å². The van der Waals surface area contributed by atoms with Gasteiger partial charge in [0, 0.05) is 39.2 Å². The van der Waals surface area contributed by atoms with Crippen molar-refractivity contribution in [3.05, 3.63) is 111 Å². The highest BCUT2D eigenvalue weighted by molar-refractivity contribution is 6.31. The summed E-state index contributed by atoms with van der Waals surface area (Å²) in [7, 11) is 0. The lowest BCUT2D eigenvalue weighted by molar-refractivity contribution is -0.155. The summed E-state index contributed by atoms with van der Waals surface area (Å²) in [5.41, 5.74) is 2.28. The molecule has 0 amide bonds.